The maximum Gasteiger partial charge on any atom is 0.240 e. The average Bonchev–Trinajstić information content (AvgIpc) is 2.48. The molecule has 0 bridgehead atoms. The zero-order valence-electron chi connectivity index (χ0n) is 15.5. The van der Waals surface area contributed by atoms with Crippen LogP contribution in [0, 0.1) is 11.3 Å². The highest BCUT2D eigenvalue weighted by atomic mass is 35.5. The van der Waals surface area contributed by atoms with E-state index in [1.807, 2.05) is 20.8 Å². The van der Waals surface area contributed by atoms with Crippen molar-refractivity contribution >= 4 is 30.7 Å². The third-order valence-corrected chi connectivity index (χ3v) is 5.82. The van der Waals surface area contributed by atoms with Gasteiger partial charge in [0.15, 0.2) is 0 Å². The Labute approximate surface area is 159 Å². The van der Waals surface area contributed by atoms with Gasteiger partial charge in [0.1, 0.15) is 5.54 Å². The minimum absolute atomic E-state index is 0. The Hall–Kier alpha value is -0.0700. The van der Waals surface area contributed by atoms with E-state index in [2.05, 4.69) is 17.1 Å². The molecule has 2 rings (SSSR count). The molecule has 1 aliphatic heterocycles. The molecule has 1 amide bonds. The van der Waals surface area contributed by atoms with E-state index < -0.39 is 5.54 Å². The standard InChI is InChI=1S/C17H33N3O2.2ClH/c1-5-22-14-12-17(18,16(14,3)4)15(21)19-8-11-20-9-6-13(2)7-10-20;;/h13-14H,5-12,18H2,1-4H3,(H,19,21);2*1H. The molecule has 1 aliphatic carbocycles. The number of nitrogens with one attached hydrogen (secondary N) is 1. The number of carbonyl (C=O) groups is 1. The van der Waals surface area contributed by atoms with Crippen LogP contribution in [0.1, 0.15) is 47.0 Å². The Morgan fingerprint density at radius 1 is 1.29 bits per heavy atom. The van der Waals surface area contributed by atoms with Gasteiger partial charge in [0.2, 0.25) is 5.91 Å². The van der Waals surface area contributed by atoms with Gasteiger partial charge >= 0.3 is 0 Å². The predicted octanol–water partition coefficient (Wildman–Crippen LogP) is 2.21. The summed E-state index contributed by atoms with van der Waals surface area (Å²) in [6.45, 7) is 12.9. The van der Waals surface area contributed by atoms with Crippen LogP contribution in [-0.2, 0) is 9.53 Å². The Bertz CT molecular complexity index is 401. The summed E-state index contributed by atoms with van der Waals surface area (Å²) < 4.78 is 5.68. The first-order chi connectivity index (χ1) is 10.3. The summed E-state index contributed by atoms with van der Waals surface area (Å²) in [4.78, 5) is 14.9. The highest BCUT2D eigenvalue weighted by Crippen LogP contribution is 2.49. The van der Waals surface area contributed by atoms with Crippen LogP contribution in [0.15, 0.2) is 0 Å². The minimum atomic E-state index is -0.802. The molecule has 2 unspecified atom stereocenters. The Morgan fingerprint density at radius 2 is 1.88 bits per heavy atom. The van der Waals surface area contributed by atoms with Crippen molar-refractivity contribution in [2.45, 2.75) is 58.6 Å². The number of halogens is 2. The van der Waals surface area contributed by atoms with E-state index in [-0.39, 0.29) is 42.2 Å². The number of rotatable bonds is 6. The van der Waals surface area contributed by atoms with Crippen molar-refractivity contribution in [2.24, 2.45) is 17.1 Å². The van der Waals surface area contributed by atoms with Crippen LogP contribution in [0.2, 0.25) is 0 Å². The molecule has 2 fully saturated rings. The molecule has 5 nitrogen and oxygen atoms in total. The van der Waals surface area contributed by atoms with Gasteiger partial charge in [0, 0.05) is 31.5 Å². The van der Waals surface area contributed by atoms with Crippen molar-refractivity contribution in [1.29, 1.82) is 0 Å². The van der Waals surface area contributed by atoms with E-state index in [1.54, 1.807) is 0 Å². The number of hydrogen-bond acceptors (Lipinski definition) is 4. The molecule has 144 valence electrons. The SMILES string of the molecule is CCOC1CC(N)(C(=O)NCCN2CCC(C)CC2)C1(C)C.Cl.Cl. The minimum Gasteiger partial charge on any atom is -0.378 e. The van der Waals surface area contributed by atoms with E-state index in [1.165, 1.54) is 12.8 Å². The molecule has 2 aliphatic rings. The van der Waals surface area contributed by atoms with Crippen LogP contribution >= 0.6 is 24.8 Å². The molecule has 0 aromatic carbocycles. The average molecular weight is 384 g/mol. The second-order valence-electron chi connectivity index (χ2n) is 7.62. The topological polar surface area (TPSA) is 67.6 Å². The second-order valence-corrected chi connectivity index (χ2v) is 7.62. The normalized spacial score (nSPS) is 29.8. The highest BCUT2D eigenvalue weighted by molar-refractivity contribution is 5.88. The van der Waals surface area contributed by atoms with E-state index in [0.717, 1.165) is 25.6 Å². The highest BCUT2D eigenvalue weighted by Gasteiger charge is 2.62. The van der Waals surface area contributed by atoms with Crippen molar-refractivity contribution < 1.29 is 9.53 Å². The summed E-state index contributed by atoms with van der Waals surface area (Å²) in [7, 11) is 0. The van der Waals surface area contributed by atoms with Crippen molar-refractivity contribution in [3.63, 3.8) is 0 Å². The molecule has 1 heterocycles. The van der Waals surface area contributed by atoms with Crippen LogP contribution in [0.5, 0.6) is 0 Å². The predicted molar refractivity (Wildman–Crippen MR) is 103 cm³/mol. The summed E-state index contributed by atoms with van der Waals surface area (Å²) >= 11 is 0. The van der Waals surface area contributed by atoms with Crippen LogP contribution in [0.4, 0.5) is 0 Å². The number of nitrogens with two attached hydrogens (primary N) is 1. The van der Waals surface area contributed by atoms with E-state index in [0.29, 0.717) is 19.6 Å². The number of ether oxygens (including phenoxy) is 1. The van der Waals surface area contributed by atoms with Gasteiger partial charge in [-0.3, -0.25) is 4.79 Å². The quantitative estimate of drug-likeness (QED) is 0.737. The molecule has 1 saturated heterocycles. The van der Waals surface area contributed by atoms with Gasteiger partial charge in [-0.05, 0) is 38.8 Å². The van der Waals surface area contributed by atoms with Crippen LogP contribution in [0.3, 0.4) is 0 Å². The fourth-order valence-electron chi connectivity index (χ4n) is 3.59. The summed E-state index contributed by atoms with van der Waals surface area (Å²) in [6, 6.07) is 0. The number of likely N-dealkylation sites (tertiary alicyclic amines) is 1. The van der Waals surface area contributed by atoms with Gasteiger partial charge in [0.25, 0.3) is 0 Å². The van der Waals surface area contributed by atoms with Crippen molar-refractivity contribution in [2.75, 3.05) is 32.8 Å². The molecule has 1 saturated carbocycles. The lowest BCUT2D eigenvalue weighted by molar-refractivity contribution is -0.170. The van der Waals surface area contributed by atoms with E-state index in [4.69, 9.17) is 10.5 Å². The van der Waals surface area contributed by atoms with Gasteiger partial charge in [-0.15, -0.1) is 24.8 Å². The van der Waals surface area contributed by atoms with Gasteiger partial charge in [-0.25, -0.2) is 0 Å². The number of carbonyl (C=O) groups excluding carboxylic acids is 1. The number of amides is 1. The molecule has 0 aromatic heterocycles. The maximum absolute atomic E-state index is 12.5. The number of piperidine rings is 1. The number of hydrogen-bond donors (Lipinski definition) is 2. The third kappa shape index (κ3) is 4.76. The fourth-order valence-corrected chi connectivity index (χ4v) is 3.59. The first kappa shape index (κ1) is 23.9. The van der Waals surface area contributed by atoms with Gasteiger partial charge in [0.05, 0.1) is 6.10 Å². The second kappa shape index (κ2) is 9.58. The third-order valence-electron chi connectivity index (χ3n) is 5.82. The smallest absolute Gasteiger partial charge is 0.240 e. The molecule has 24 heavy (non-hydrogen) atoms. The van der Waals surface area contributed by atoms with Crippen LogP contribution in [-0.4, -0.2) is 55.2 Å². The van der Waals surface area contributed by atoms with Crippen molar-refractivity contribution in [1.82, 2.24) is 10.2 Å². The largest absolute Gasteiger partial charge is 0.378 e. The first-order valence-electron chi connectivity index (χ1n) is 8.72. The fraction of sp³-hybridized carbons (Fsp3) is 0.941. The van der Waals surface area contributed by atoms with Gasteiger partial charge in [-0.1, -0.05) is 20.8 Å². The summed E-state index contributed by atoms with van der Waals surface area (Å²) in [5, 5.41) is 3.04. The van der Waals surface area contributed by atoms with E-state index >= 15 is 0 Å². The zero-order chi connectivity index (χ0) is 16.4. The molecule has 2 atom stereocenters. The Morgan fingerprint density at radius 3 is 2.38 bits per heavy atom. The molecule has 0 aromatic rings. The molecular formula is C17H35Cl2N3O2. The summed E-state index contributed by atoms with van der Waals surface area (Å²) in [6.07, 6.45) is 3.22. The zero-order valence-corrected chi connectivity index (χ0v) is 17.1. The molecule has 7 heteroatoms. The lowest BCUT2D eigenvalue weighted by Gasteiger charge is -2.57. The van der Waals surface area contributed by atoms with Crippen LogP contribution in [0.25, 0.3) is 0 Å². The monoisotopic (exact) mass is 383 g/mol. The molecule has 3 N–H and O–H groups in total. The molecule has 0 spiro atoms. The summed E-state index contributed by atoms with van der Waals surface area (Å²) in [5.41, 5.74) is 5.26. The van der Waals surface area contributed by atoms with E-state index in [9.17, 15) is 4.79 Å². The first-order valence-corrected chi connectivity index (χ1v) is 8.72. The molecular weight excluding hydrogens is 349 g/mol. The van der Waals surface area contributed by atoms with Gasteiger partial charge in [-0.2, -0.15) is 0 Å². The Kier molecular flexibility index (Phi) is 9.55. The lowest BCUT2D eigenvalue weighted by atomic mass is 9.54. The lowest BCUT2D eigenvalue weighted by Crippen LogP contribution is -2.75. The Balaban J connectivity index is 0.00000264. The van der Waals surface area contributed by atoms with Crippen LogP contribution < -0.4 is 11.1 Å². The van der Waals surface area contributed by atoms with Crippen molar-refractivity contribution in [3.8, 4) is 0 Å². The summed E-state index contributed by atoms with van der Waals surface area (Å²) in [5.74, 6) is 0.809. The number of nitrogens with zero attached hydrogens (tertiary/aromatic N) is 1. The van der Waals surface area contributed by atoms with Gasteiger partial charge < -0.3 is 20.7 Å². The van der Waals surface area contributed by atoms with Crippen molar-refractivity contribution in [3.05, 3.63) is 0 Å². The maximum atomic E-state index is 12.5. The molecule has 0 radical (unpaired) electrons.